The molecule has 0 radical (unpaired) electrons. The predicted octanol–water partition coefficient (Wildman–Crippen LogP) is 3.92. The molecular formula is C14H15ClN2S. The normalized spacial score (nSPS) is 19.8. The van der Waals surface area contributed by atoms with E-state index in [9.17, 15) is 0 Å². The Balaban J connectivity index is 1.79. The molecule has 0 fully saturated rings. The van der Waals surface area contributed by atoms with Gasteiger partial charge in [0.15, 0.2) is 0 Å². The Labute approximate surface area is 116 Å². The van der Waals surface area contributed by atoms with E-state index in [4.69, 9.17) is 11.6 Å². The maximum Gasteiger partial charge on any atom is 0.129 e. The maximum absolute atomic E-state index is 5.93. The van der Waals surface area contributed by atoms with Gasteiger partial charge in [0.2, 0.25) is 0 Å². The molecule has 0 bridgehead atoms. The average Bonchev–Trinajstić information content (AvgIpc) is 2.82. The number of thiophene rings is 1. The molecule has 0 saturated carbocycles. The summed E-state index contributed by atoms with van der Waals surface area (Å²) in [5, 5.41) is 2.77. The maximum atomic E-state index is 5.93. The summed E-state index contributed by atoms with van der Waals surface area (Å²) in [6, 6.07) is 8.56. The van der Waals surface area contributed by atoms with E-state index >= 15 is 0 Å². The van der Waals surface area contributed by atoms with Crippen LogP contribution in [-0.2, 0) is 13.0 Å². The summed E-state index contributed by atoms with van der Waals surface area (Å²) in [4.78, 5) is 8.38. The van der Waals surface area contributed by atoms with E-state index in [0.29, 0.717) is 11.2 Å². The van der Waals surface area contributed by atoms with Crippen LogP contribution in [0.4, 0.5) is 0 Å². The molecule has 0 aromatic carbocycles. The molecule has 4 heteroatoms. The zero-order chi connectivity index (χ0) is 12.5. The first-order valence-corrected chi connectivity index (χ1v) is 7.41. The van der Waals surface area contributed by atoms with Gasteiger partial charge in [0.1, 0.15) is 5.15 Å². The van der Waals surface area contributed by atoms with Crippen LogP contribution in [0.5, 0.6) is 0 Å². The number of fused-ring (bicyclic) bond motifs is 1. The van der Waals surface area contributed by atoms with Crippen LogP contribution in [0, 0.1) is 0 Å². The lowest BCUT2D eigenvalue weighted by molar-refractivity contribution is 0.189. The second-order valence-corrected chi connectivity index (χ2v) is 6.04. The minimum Gasteiger partial charge on any atom is -0.290 e. The fourth-order valence-corrected chi connectivity index (χ4v) is 3.67. The lowest BCUT2D eigenvalue weighted by Gasteiger charge is -2.33. The highest BCUT2D eigenvalue weighted by Crippen LogP contribution is 2.33. The first-order valence-electron chi connectivity index (χ1n) is 6.16. The van der Waals surface area contributed by atoms with E-state index in [-0.39, 0.29) is 0 Å². The third-order valence-electron chi connectivity index (χ3n) is 3.54. The van der Waals surface area contributed by atoms with Crippen molar-refractivity contribution in [2.75, 3.05) is 6.54 Å². The Hall–Kier alpha value is -0.900. The van der Waals surface area contributed by atoms with Gasteiger partial charge in [-0.15, -0.1) is 11.3 Å². The van der Waals surface area contributed by atoms with Crippen molar-refractivity contribution < 1.29 is 0 Å². The molecule has 2 nitrogen and oxygen atoms in total. The van der Waals surface area contributed by atoms with Gasteiger partial charge < -0.3 is 0 Å². The number of aromatic nitrogens is 1. The first kappa shape index (κ1) is 12.2. The molecule has 0 N–H and O–H groups in total. The van der Waals surface area contributed by atoms with Gasteiger partial charge in [0.05, 0.1) is 5.69 Å². The van der Waals surface area contributed by atoms with Gasteiger partial charge >= 0.3 is 0 Å². The Kier molecular flexibility index (Phi) is 3.37. The molecule has 94 valence electrons. The SMILES string of the molecule is CC1c2ccsc2CCN1Cc1cccc(Cl)n1. The molecule has 0 amide bonds. The van der Waals surface area contributed by atoms with Crippen molar-refractivity contribution in [3.63, 3.8) is 0 Å². The van der Waals surface area contributed by atoms with Crippen molar-refractivity contribution in [1.82, 2.24) is 9.88 Å². The van der Waals surface area contributed by atoms with E-state index in [1.54, 1.807) is 0 Å². The fraction of sp³-hybridized carbons (Fsp3) is 0.357. The smallest absolute Gasteiger partial charge is 0.129 e. The van der Waals surface area contributed by atoms with Gasteiger partial charge in [-0.1, -0.05) is 17.7 Å². The highest BCUT2D eigenvalue weighted by molar-refractivity contribution is 7.10. The molecule has 1 unspecified atom stereocenters. The van der Waals surface area contributed by atoms with Crippen LogP contribution in [0.25, 0.3) is 0 Å². The van der Waals surface area contributed by atoms with Gasteiger partial charge in [-0.3, -0.25) is 4.90 Å². The quantitative estimate of drug-likeness (QED) is 0.774. The van der Waals surface area contributed by atoms with Gasteiger partial charge in [0.25, 0.3) is 0 Å². The highest BCUT2D eigenvalue weighted by Gasteiger charge is 2.24. The lowest BCUT2D eigenvalue weighted by Crippen LogP contribution is -2.32. The lowest BCUT2D eigenvalue weighted by atomic mass is 10.0. The van der Waals surface area contributed by atoms with E-state index in [1.807, 2.05) is 29.5 Å². The summed E-state index contributed by atoms with van der Waals surface area (Å²) in [5.41, 5.74) is 2.53. The summed E-state index contributed by atoms with van der Waals surface area (Å²) in [6.07, 6.45) is 1.15. The number of nitrogens with zero attached hydrogens (tertiary/aromatic N) is 2. The largest absolute Gasteiger partial charge is 0.290 e. The predicted molar refractivity (Wildman–Crippen MR) is 76.1 cm³/mol. The molecule has 2 aromatic heterocycles. The van der Waals surface area contributed by atoms with Gasteiger partial charge in [-0.2, -0.15) is 0 Å². The Morgan fingerprint density at radius 3 is 3.17 bits per heavy atom. The second-order valence-electron chi connectivity index (χ2n) is 4.65. The fourth-order valence-electron chi connectivity index (χ4n) is 2.52. The number of pyridine rings is 1. The molecule has 0 aliphatic carbocycles. The van der Waals surface area contributed by atoms with Crippen molar-refractivity contribution in [2.24, 2.45) is 0 Å². The summed E-state index contributed by atoms with van der Waals surface area (Å²) in [6.45, 7) is 4.25. The molecule has 2 aromatic rings. The summed E-state index contributed by atoms with van der Waals surface area (Å²) in [5.74, 6) is 0. The zero-order valence-electron chi connectivity index (χ0n) is 10.3. The van der Waals surface area contributed by atoms with E-state index in [2.05, 4.69) is 28.3 Å². The Bertz CT molecular complexity index is 552. The van der Waals surface area contributed by atoms with Crippen molar-refractivity contribution in [3.8, 4) is 0 Å². The van der Waals surface area contributed by atoms with Crippen LogP contribution >= 0.6 is 22.9 Å². The van der Waals surface area contributed by atoms with Gasteiger partial charge in [-0.25, -0.2) is 4.98 Å². The third-order valence-corrected chi connectivity index (χ3v) is 4.75. The van der Waals surface area contributed by atoms with E-state index in [1.165, 1.54) is 10.4 Å². The van der Waals surface area contributed by atoms with Gasteiger partial charge in [-0.05, 0) is 42.5 Å². The molecule has 1 aliphatic rings. The Morgan fingerprint density at radius 1 is 1.44 bits per heavy atom. The summed E-state index contributed by atoms with van der Waals surface area (Å²) >= 11 is 7.81. The molecule has 3 heterocycles. The number of rotatable bonds is 2. The monoisotopic (exact) mass is 278 g/mol. The number of hydrogen-bond acceptors (Lipinski definition) is 3. The second kappa shape index (κ2) is 5.00. The van der Waals surface area contributed by atoms with Crippen molar-refractivity contribution >= 4 is 22.9 Å². The van der Waals surface area contributed by atoms with E-state index in [0.717, 1.165) is 25.2 Å². The topological polar surface area (TPSA) is 16.1 Å². The van der Waals surface area contributed by atoms with Crippen LogP contribution in [-0.4, -0.2) is 16.4 Å². The van der Waals surface area contributed by atoms with E-state index < -0.39 is 0 Å². The molecule has 1 aliphatic heterocycles. The van der Waals surface area contributed by atoms with Crippen molar-refractivity contribution in [1.29, 1.82) is 0 Å². The van der Waals surface area contributed by atoms with Crippen molar-refractivity contribution in [3.05, 3.63) is 50.9 Å². The number of hydrogen-bond donors (Lipinski definition) is 0. The third kappa shape index (κ3) is 2.30. The minimum atomic E-state index is 0.473. The van der Waals surface area contributed by atoms with Crippen LogP contribution in [0.3, 0.4) is 0 Å². The Morgan fingerprint density at radius 2 is 2.33 bits per heavy atom. The minimum absolute atomic E-state index is 0.473. The summed E-state index contributed by atoms with van der Waals surface area (Å²) in [7, 11) is 0. The molecule has 18 heavy (non-hydrogen) atoms. The molecule has 1 atom stereocenters. The van der Waals surface area contributed by atoms with Crippen molar-refractivity contribution in [2.45, 2.75) is 25.9 Å². The molecule has 3 rings (SSSR count). The standard InChI is InChI=1S/C14H15ClN2S/c1-10-12-6-8-18-13(12)5-7-17(10)9-11-3-2-4-14(15)16-11/h2-4,6,8,10H,5,7,9H2,1H3. The zero-order valence-corrected chi connectivity index (χ0v) is 11.8. The first-order chi connectivity index (χ1) is 8.74. The molecular weight excluding hydrogens is 264 g/mol. The molecule has 0 spiro atoms. The average molecular weight is 279 g/mol. The highest BCUT2D eigenvalue weighted by atomic mass is 35.5. The molecule has 0 saturated heterocycles. The van der Waals surface area contributed by atoms with Crippen LogP contribution in [0.1, 0.15) is 29.1 Å². The van der Waals surface area contributed by atoms with Crippen LogP contribution < -0.4 is 0 Å². The summed E-state index contributed by atoms with van der Waals surface area (Å²) < 4.78 is 0. The van der Waals surface area contributed by atoms with Gasteiger partial charge in [0, 0.05) is 24.0 Å². The van der Waals surface area contributed by atoms with Crippen LogP contribution in [0.15, 0.2) is 29.6 Å². The number of halogens is 1. The van der Waals surface area contributed by atoms with Crippen LogP contribution in [0.2, 0.25) is 5.15 Å².